The van der Waals surface area contributed by atoms with Crippen molar-refractivity contribution in [3.63, 3.8) is 0 Å². The van der Waals surface area contributed by atoms with Gasteiger partial charge in [-0.25, -0.2) is 4.98 Å². The van der Waals surface area contributed by atoms with Crippen molar-refractivity contribution in [2.75, 3.05) is 6.54 Å². The Morgan fingerprint density at radius 2 is 2.31 bits per heavy atom. The number of aromatic nitrogens is 2. The molecule has 16 heavy (non-hydrogen) atoms. The minimum absolute atomic E-state index is 0.118. The maximum Gasteiger partial charge on any atom is 0.271 e. The van der Waals surface area contributed by atoms with Crippen LogP contribution in [0.15, 0.2) is 12.5 Å². The predicted octanol–water partition coefficient (Wildman–Crippen LogP) is 0.421. The molecule has 1 aliphatic carbocycles. The number of aryl methyl sites for hydroxylation is 1. The SMILES string of the molecule is Cn1cnc(C(=O)NC2(CN)CCCC2)c1. The number of imidazole rings is 1. The van der Waals surface area contributed by atoms with E-state index in [0.29, 0.717) is 12.2 Å². The summed E-state index contributed by atoms with van der Waals surface area (Å²) >= 11 is 0. The molecule has 0 aliphatic heterocycles. The van der Waals surface area contributed by atoms with Gasteiger partial charge in [0, 0.05) is 19.8 Å². The topological polar surface area (TPSA) is 72.9 Å². The summed E-state index contributed by atoms with van der Waals surface area (Å²) < 4.78 is 1.76. The molecule has 88 valence electrons. The van der Waals surface area contributed by atoms with Crippen LogP contribution in [0, 0.1) is 0 Å². The van der Waals surface area contributed by atoms with E-state index in [2.05, 4.69) is 10.3 Å². The van der Waals surface area contributed by atoms with Crippen LogP contribution in [0.3, 0.4) is 0 Å². The van der Waals surface area contributed by atoms with Crippen molar-refractivity contribution in [2.24, 2.45) is 12.8 Å². The molecular formula is C11H18N4O. The van der Waals surface area contributed by atoms with Gasteiger partial charge < -0.3 is 15.6 Å². The van der Waals surface area contributed by atoms with E-state index in [1.807, 2.05) is 7.05 Å². The van der Waals surface area contributed by atoms with Crippen LogP contribution >= 0.6 is 0 Å². The van der Waals surface area contributed by atoms with Gasteiger partial charge in [0.25, 0.3) is 5.91 Å². The summed E-state index contributed by atoms with van der Waals surface area (Å²) in [5.74, 6) is -0.118. The van der Waals surface area contributed by atoms with Crippen LogP contribution < -0.4 is 11.1 Å². The molecule has 2 rings (SSSR count). The van der Waals surface area contributed by atoms with E-state index in [1.165, 1.54) is 0 Å². The van der Waals surface area contributed by atoms with Gasteiger partial charge in [-0.2, -0.15) is 0 Å². The number of nitrogens with zero attached hydrogens (tertiary/aromatic N) is 2. The molecule has 5 nitrogen and oxygen atoms in total. The van der Waals surface area contributed by atoms with Crippen LogP contribution in [-0.4, -0.2) is 27.5 Å². The van der Waals surface area contributed by atoms with E-state index in [1.54, 1.807) is 17.1 Å². The molecule has 0 bridgehead atoms. The molecule has 0 atom stereocenters. The second-order valence-electron chi connectivity index (χ2n) is 4.57. The van der Waals surface area contributed by atoms with E-state index in [4.69, 9.17) is 5.73 Å². The maximum atomic E-state index is 11.9. The van der Waals surface area contributed by atoms with Crippen molar-refractivity contribution < 1.29 is 4.79 Å². The van der Waals surface area contributed by atoms with Crippen LogP contribution in [0.1, 0.15) is 36.2 Å². The Morgan fingerprint density at radius 1 is 1.62 bits per heavy atom. The van der Waals surface area contributed by atoms with Crippen LogP contribution in [0.4, 0.5) is 0 Å². The highest BCUT2D eigenvalue weighted by Crippen LogP contribution is 2.28. The quantitative estimate of drug-likeness (QED) is 0.778. The fraction of sp³-hybridized carbons (Fsp3) is 0.636. The number of amides is 1. The first-order valence-electron chi connectivity index (χ1n) is 5.66. The van der Waals surface area contributed by atoms with Crippen LogP contribution in [0.2, 0.25) is 0 Å². The first-order chi connectivity index (χ1) is 7.65. The van der Waals surface area contributed by atoms with Gasteiger partial charge in [-0.1, -0.05) is 12.8 Å². The Labute approximate surface area is 95.0 Å². The lowest BCUT2D eigenvalue weighted by Gasteiger charge is -2.28. The second-order valence-corrected chi connectivity index (χ2v) is 4.57. The normalized spacial score (nSPS) is 18.6. The third-order valence-electron chi connectivity index (χ3n) is 3.27. The van der Waals surface area contributed by atoms with E-state index in [0.717, 1.165) is 25.7 Å². The molecule has 1 fully saturated rings. The van der Waals surface area contributed by atoms with Gasteiger partial charge in [0.1, 0.15) is 5.69 Å². The van der Waals surface area contributed by atoms with E-state index >= 15 is 0 Å². The average Bonchev–Trinajstić information content (AvgIpc) is 2.88. The van der Waals surface area contributed by atoms with Crippen LogP contribution in [0.25, 0.3) is 0 Å². The number of hydrogen-bond donors (Lipinski definition) is 2. The number of carbonyl (C=O) groups excluding carboxylic acids is 1. The minimum Gasteiger partial charge on any atom is -0.344 e. The summed E-state index contributed by atoms with van der Waals surface area (Å²) in [6.45, 7) is 0.506. The second kappa shape index (κ2) is 4.25. The first kappa shape index (κ1) is 11.1. The van der Waals surface area contributed by atoms with E-state index in [9.17, 15) is 4.79 Å². The zero-order valence-electron chi connectivity index (χ0n) is 9.57. The molecule has 0 radical (unpaired) electrons. The number of carbonyl (C=O) groups is 1. The van der Waals surface area contributed by atoms with Gasteiger partial charge in [-0.3, -0.25) is 4.79 Å². The average molecular weight is 222 g/mol. The van der Waals surface area contributed by atoms with Gasteiger partial charge in [-0.15, -0.1) is 0 Å². The summed E-state index contributed by atoms with van der Waals surface area (Å²) in [6, 6.07) is 0. The molecule has 1 heterocycles. The van der Waals surface area contributed by atoms with Crippen LogP contribution in [-0.2, 0) is 7.05 Å². The number of hydrogen-bond acceptors (Lipinski definition) is 3. The molecule has 5 heteroatoms. The zero-order valence-corrected chi connectivity index (χ0v) is 9.57. The molecule has 1 saturated carbocycles. The summed E-state index contributed by atoms with van der Waals surface area (Å²) in [6.07, 6.45) is 7.57. The molecule has 0 spiro atoms. The number of nitrogens with one attached hydrogen (secondary N) is 1. The summed E-state index contributed by atoms with van der Waals surface area (Å²) in [5, 5.41) is 3.03. The monoisotopic (exact) mass is 222 g/mol. The fourth-order valence-electron chi connectivity index (χ4n) is 2.27. The van der Waals surface area contributed by atoms with Gasteiger partial charge in [0.05, 0.1) is 11.9 Å². The van der Waals surface area contributed by atoms with Crippen molar-refractivity contribution in [3.8, 4) is 0 Å². The van der Waals surface area contributed by atoms with E-state index in [-0.39, 0.29) is 11.4 Å². The Balaban J connectivity index is 2.06. The smallest absolute Gasteiger partial charge is 0.271 e. The first-order valence-corrected chi connectivity index (χ1v) is 5.66. The van der Waals surface area contributed by atoms with Gasteiger partial charge in [0.2, 0.25) is 0 Å². The Hall–Kier alpha value is -1.36. The third kappa shape index (κ3) is 2.09. The van der Waals surface area contributed by atoms with Crippen molar-refractivity contribution >= 4 is 5.91 Å². The molecule has 1 aliphatic rings. The molecule has 1 aromatic rings. The lowest BCUT2D eigenvalue weighted by Crippen LogP contribution is -2.51. The zero-order chi connectivity index (χ0) is 11.6. The highest BCUT2D eigenvalue weighted by molar-refractivity contribution is 5.92. The molecule has 0 unspecified atom stereocenters. The Kier molecular flexibility index (Phi) is 2.96. The summed E-state index contributed by atoms with van der Waals surface area (Å²) in [4.78, 5) is 16.0. The van der Waals surface area contributed by atoms with Crippen LogP contribution in [0.5, 0.6) is 0 Å². The minimum atomic E-state index is -0.200. The lowest BCUT2D eigenvalue weighted by atomic mass is 9.98. The molecule has 0 aromatic carbocycles. The van der Waals surface area contributed by atoms with Crippen molar-refractivity contribution in [1.82, 2.24) is 14.9 Å². The Morgan fingerprint density at radius 3 is 2.81 bits per heavy atom. The largest absolute Gasteiger partial charge is 0.344 e. The highest BCUT2D eigenvalue weighted by atomic mass is 16.2. The van der Waals surface area contributed by atoms with Crippen molar-refractivity contribution in [3.05, 3.63) is 18.2 Å². The van der Waals surface area contributed by atoms with Gasteiger partial charge in [0.15, 0.2) is 0 Å². The molecule has 1 aromatic heterocycles. The fourth-order valence-corrected chi connectivity index (χ4v) is 2.27. The maximum absolute atomic E-state index is 11.9. The van der Waals surface area contributed by atoms with E-state index < -0.39 is 0 Å². The molecule has 3 N–H and O–H groups in total. The molecule has 0 saturated heterocycles. The predicted molar refractivity (Wildman–Crippen MR) is 60.9 cm³/mol. The molecular weight excluding hydrogens is 204 g/mol. The lowest BCUT2D eigenvalue weighted by molar-refractivity contribution is 0.0898. The van der Waals surface area contributed by atoms with Crippen molar-refractivity contribution in [1.29, 1.82) is 0 Å². The Bertz CT molecular complexity index is 379. The number of rotatable bonds is 3. The third-order valence-corrected chi connectivity index (χ3v) is 3.27. The van der Waals surface area contributed by atoms with Gasteiger partial charge >= 0.3 is 0 Å². The van der Waals surface area contributed by atoms with Gasteiger partial charge in [-0.05, 0) is 12.8 Å². The standard InChI is InChI=1S/C11H18N4O/c1-15-6-9(13-8-15)10(16)14-11(7-12)4-2-3-5-11/h6,8H,2-5,7,12H2,1H3,(H,14,16). The number of nitrogens with two attached hydrogens (primary N) is 1. The highest BCUT2D eigenvalue weighted by Gasteiger charge is 2.34. The molecule has 1 amide bonds. The summed E-state index contributed by atoms with van der Waals surface area (Å²) in [5.41, 5.74) is 6.02. The van der Waals surface area contributed by atoms with Crippen molar-refractivity contribution in [2.45, 2.75) is 31.2 Å². The summed E-state index contributed by atoms with van der Waals surface area (Å²) in [7, 11) is 1.85.